The van der Waals surface area contributed by atoms with Crippen molar-refractivity contribution < 1.29 is 4.79 Å². The third kappa shape index (κ3) is 3.01. The van der Waals surface area contributed by atoms with Crippen molar-refractivity contribution in [3.63, 3.8) is 0 Å². The van der Waals surface area contributed by atoms with E-state index in [2.05, 4.69) is 0 Å². The van der Waals surface area contributed by atoms with E-state index in [1.165, 1.54) is 0 Å². The number of rotatable bonds is 4. The summed E-state index contributed by atoms with van der Waals surface area (Å²) in [6.07, 6.45) is 2.28. The van der Waals surface area contributed by atoms with Gasteiger partial charge in [0, 0.05) is 32.4 Å². The Kier molecular flexibility index (Phi) is 4.20. The van der Waals surface area contributed by atoms with Crippen molar-refractivity contribution >= 4 is 11.6 Å². The molecule has 0 spiro atoms. The average molecular weight is 247 g/mol. The lowest BCUT2D eigenvalue weighted by Crippen LogP contribution is -2.37. The molecular weight excluding hydrogens is 226 g/mol. The molecule has 98 valence electrons. The van der Waals surface area contributed by atoms with Crippen LogP contribution in [0.15, 0.2) is 24.3 Å². The number of benzene rings is 1. The normalized spacial score (nSPS) is 14.9. The van der Waals surface area contributed by atoms with Gasteiger partial charge in [0.25, 0.3) is 0 Å². The van der Waals surface area contributed by atoms with Gasteiger partial charge in [-0.2, -0.15) is 0 Å². The monoisotopic (exact) mass is 247 g/mol. The quantitative estimate of drug-likeness (QED) is 0.870. The van der Waals surface area contributed by atoms with Crippen molar-refractivity contribution in [3.8, 4) is 0 Å². The predicted molar refractivity (Wildman–Crippen MR) is 73.4 cm³/mol. The summed E-state index contributed by atoms with van der Waals surface area (Å²) < 4.78 is 0. The number of amides is 1. The third-order valence-corrected chi connectivity index (χ3v) is 3.44. The number of likely N-dealkylation sites (tertiary alicyclic amines) is 1. The molecule has 1 heterocycles. The highest BCUT2D eigenvalue weighted by atomic mass is 16.2. The molecule has 1 aromatic carbocycles. The molecule has 4 heteroatoms. The zero-order valence-electron chi connectivity index (χ0n) is 10.9. The molecule has 2 N–H and O–H groups in total. The molecule has 18 heavy (non-hydrogen) atoms. The second kappa shape index (κ2) is 5.87. The van der Waals surface area contributed by atoms with Gasteiger partial charge >= 0.3 is 0 Å². The van der Waals surface area contributed by atoms with Crippen LogP contribution in [0.1, 0.15) is 18.4 Å². The van der Waals surface area contributed by atoms with Crippen LogP contribution in [0.2, 0.25) is 0 Å². The van der Waals surface area contributed by atoms with Gasteiger partial charge in [0.15, 0.2) is 0 Å². The summed E-state index contributed by atoms with van der Waals surface area (Å²) in [6, 6.07) is 8.04. The van der Waals surface area contributed by atoms with Gasteiger partial charge in [0.1, 0.15) is 0 Å². The maximum atomic E-state index is 12.0. The molecule has 0 atom stereocenters. The van der Waals surface area contributed by atoms with E-state index in [-0.39, 0.29) is 5.91 Å². The van der Waals surface area contributed by atoms with Crippen LogP contribution in [0.5, 0.6) is 0 Å². The Morgan fingerprint density at radius 1 is 1.28 bits per heavy atom. The molecule has 1 aliphatic rings. The maximum absolute atomic E-state index is 12.0. The summed E-state index contributed by atoms with van der Waals surface area (Å²) in [7, 11) is 1.95. The minimum atomic E-state index is 0.220. The first-order valence-electron chi connectivity index (χ1n) is 6.48. The summed E-state index contributed by atoms with van der Waals surface area (Å²) in [5.74, 6) is 0.220. The maximum Gasteiger partial charge on any atom is 0.242 e. The largest absolute Gasteiger partial charge is 0.365 e. The van der Waals surface area contributed by atoms with Crippen LogP contribution in [-0.4, -0.2) is 37.5 Å². The Balaban J connectivity index is 1.93. The number of hydrogen-bond donors (Lipinski definition) is 1. The number of carbonyl (C=O) groups is 1. The van der Waals surface area contributed by atoms with E-state index in [1.54, 1.807) is 0 Å². The molecule has 0 aliphatic carbocycles. The van der Waals surface area contributed by atoms with E-state index < -0.39 is 0 Å². The molecule has 0 aromatic heterocycles. The number of hydrogen-bond acceptors (Lipinski definition) is 3. The number of nitrogens with two attached hydrogens (primary N) is 1. The molecule has 0 bridgehead atoms. The van der Waals surface area contributed by atoms with Crippen molar-refractivity contribution in [2.45, 2.75) is 19.4 Å². The summed E-state index contributed by atoms with van der Waals surface area (Å²) in [6.45, 7) is 2.83. The van der Waals surface area contributed by atoms with Crippen LogP contribution in [0.25, 0.3) is 0 Å². The number of likely N-dealkylation sites (N-methyl/N-ethyl adjacent to an activating group) is 1. The van der Waals surface area contributed by atoms with Crippen LogP contribution in [0.3, 0.4) is 0 Å². The van der Waals surface area contributed by atoms with Gasteiger partial charge in [-0.25, -0.2) is 0 Å². The predicted octanol–water partition coefficient (Wildman–Crippen LogP) is 1.20. The van der Waals surface area contributed by atoms with Crippen LogP contribution in [-0.2, 0) is 11.3 Å². The van der Waals surface area contributed by atoms with E-state index in [0.717, 1.165) is 37.2 Å². The molecule has 0 saturated carbocycles. The van der Waals surface area contributed by atoms with Gasteiger partial charge in [-0.05, 0) is 30.5 Å². The smallest absolute Gasteiger partial charge is 0.242 e. The van der Waals surface area contributed by atoms with Gasteiger partial charge in [0.05, 0.1) is 6.54 Å². The first kappa shape index (κ1) is 12.9. The number of nitrogens with zero attached hydrogens (tertiary/aromatic N) is 2. The van der Waals surface area contributed by atoms with Gasteiger partial charge < -0.3 is 15.5 Å². The minimum Gasteiger partial charge on any atom is -0.365 e. The fourth-order valence-corrected chi connectivity index (χ4v) is 2.25. The van der Waals surface area contributed by atoms with Crippen molar-refractivity contribution in [2.75, 3.05) is 31.6 Å². The van der Waals surface area contributed by atoms with Crippen LogP contribution < -0.4 is 10.6 Å². The van der Waals surface area contributed by atoms with Crippen LogP contribution in [0.4, 0.5) is 5.69 Å². The highest BCUT2D eigenvalue weighted by Gasteiger charge is 2.19. The van der Waals surface area contributed by atoms with Gasteiger partial charge in [-0.1, -0.05) is 12.1 Å². The van der Waals surface area contributed by atoms with Crippen molar-refractivity contribution in [1.29, 1.82) is 0 Å². The van der Waals surface area contributed by atoms with E-state index in [9.17, 15) is 4.79 Å². The second-order valence-corrected chi connectivity index (χ2v) is 4.81. The molecule has 2 rings (SSSR count). The first-order chi connectivity index (χ1) is 8.70. The Labute approximate surface area is 108 Å². The summed E-state index contributed by atoms with van der Waals surface area (Å²) in [5.41, 5.74) is 7.73. The second-order valence-electron chi connectivity index (χ2n) is 4.81. The highest BCUT2D eigenvalue weighted by Crippen LogP contribution is 2.15. The molecule has 0 radical (unpaired) electrons. The fourth-order valence-electron chi connectivity index (χ4n) is 2.25. The highest BCUT2D eigenvalue weighted by molar-refractivity contribution is 5.81. The lowest BCUT2D eigenvalue weighted by Gasteiger charge is -2.23. The minimum absolute atomic E-state index is 0.220. The molecule has 1 aliphatic heterocycles. The van der Waals surface area contributed by atoms with Crippen LogP contribution in [0, 0.1) is 0 Å². The molecule has 0 unspecified atom stereocenters. The summed E-state index contributed by atoms with van der Waals surface area (Å²) in [4.78, 5) is 16.0. The topological polar surface area (TPSA) is 49.6 Å². The Morgan fingerprint density at radius 2 is 1.89 bits per heavy atom. The van der Waals surface area contributed by atoms with Crippen molar-refractivity contribution in [1.82, 2.24) is 4.90 Å². The first-order valence-corrected chi connectivity index (χ1v) is 6.48. The Hall–Kier alpha value is -1.55. The lowest BCUT2D eigenvalue weighted by atomic mass is 10.2. The Bertz CT molecular complexity index is 396. The molecule has 1 amide bonds. The molecule has 1 fully saturated rings. The number of anilines is 1. The van der Waals surface area contributed by atoms with Gasteiger partial charge in [-0.3, -0.25) is 4.79 Å². The standard InChI is InChI=1S/C14H21N3O/c1-16(11-14(18)17-8-2-3-9-17)13-6-4-12(10-15)5-7-13/h4-7H,2-3,8-11,15H2,1H3. The van der Waals surface area contributed by atoms with Gasteiger partial charge in [-0.15, -0.1) is 0 Å². The van der Waals surface area contributed by atoms with Crippen molar-refractivity contribution in [2.24, 2.45) is 5.73 Å². The number of carbonyl (C=O) groups excluding carboxylic acids is 1. The molecule has 1 aromatic rings. The van der Waals surface area contributed by atoms with Gasteiger partial charge in [0.2, 0.25) is 5.91 Å². The van der Waals surface area contributed by atoms with E-state index >= 15 is 0 Å². The van der Waals surface area contributed by atoms with Crippen molar-refractivity contribution in [3.05, 3.63) is 29.8 Å². The molecule has 1 saturated heterocycles. The lowest BCUT2D eigenvalue weighted by molar-refractivity contribution is -0.128. The molecular formula is C14H21N3O. The van der Waals surface area contributed by atoms with E-state index in [4.69, 9.17) is 5.73 Å². The summed E-state index contributed by atoms with van der Waals surface area (Å²) in [5, 5.41) is 0. The fraction of sp³-hybridized carbons (Fsp3) is 0.500. The zero-order valence-corrected chi connectivity index (χ0v) is 10.9. The zero-order chi connectivity index (χ0) is 13.0. The SMILES string of the molecule is CN(CC(=O)N1CCCC1)c1ccc(CN)cc1. The summed E-state index contributed by atoms with van der Waals surface area (Å²) >= 11 is 0. The third-order valence-electron chi connectivity index (χ3n) is 3.44. The van der Waals surface area contributed by atoms with Crippen LogP contribution >= 0.6 is 0 Å². The molecule has 4 nitrogen and oxygen atoms in total. The van der Waals surface area contributed by atoms with E-state index in [0.29, 0.717) is 13.1 Å². The van der Waals surface area contributed by atoms with E-state index in [1.807, 2.05) is 41.1 Å². The average Bonchev–Trinajstić information content (AvgIpc) is 2.92. The Morgan fingerprint density at radius 3 is 2.44 bits per heavy atom.